The summed E-state index contributed by atoms with van der Waals surface area (Å²) in [6.07, 6.45) is 2.53. The minimum Gasteiger partial charge on any atom is -0.368 e. The smallest absolute Gasteiger partial charge is 0.253 e. The van der Waals surface area contributed by atoms with Crippen molar-refractivity contribution in [3.63, 3.8) is 0 Å². The zero-order chi connectivity index (χ0) is 18.9. The number of para-hydroxylation sites is 2. The van der Waals surface area contributed by atoms with Crippen LogP contribution < -0.4 is 10.2 Å². The van der Waals surface area contributed by atoms with E-state index >= 15 is 0 Å². The molecule has 0 radical (unpaired) electrons. The van der Waals surface area contributed by atoms with E-state index in [-0.39, 0.29) is 12.0 Å². The van der Waals surface area contributed by atoms with Gasteiger partial charge in [-0.25, -0.2) is 4.98 Å². The van der Waals surface area contributed by atoms with Gasteiger partial charge < -0.3 is 19.5 Å². The number of benzene rings is 2. The van der Waals surface area contributed by atoms with E-state index in [2.05, 4.69) is 45.1 Å². The number of hydrogen-bond donors (Lipinski definition) is 1. The van der Waals surface area contributed by atoms with E-state index in [1.54, 1.807) is 0 Å². The van der Waals surface area contributed by atoms with Gasteiger partial charge in [-0.15, -0.1) is 0 Å². The van der Waals surface area contributed by atoms with E-state index in [0.29, 0.717) is 6.61 Å². The first-order valence-corrected chi connectivity index (χ1v) is 9.99. The third-order valence-electron chi connectivity index (χ3n) is 5.60. The van der Waals surface area contributed by atoms with Crippen LogP contribution in [0.25, 0.3) is 11.0 Å². The molecule has 0 aliphatic carbocycles. The number of nitrogens with one attached hydrogen (secondary N) is 1. The summed E-state index contributed by atoms with van der Waals surface area (Å²) in [6.45, 7) is 3.44. The molecule has 144 valence electrons. The molecule has 0 unspecified atom stereocenters. The minimum absolute atomic E-state index is 0.0475. The number of carbonyl (C=O) groups is 1. The van der Waals surface area contributed by atoms with Crippen LogP contribution in [0.15, 0.2) is 48.5 Å². The van der Waals surface area contributed by atoms with Gasteiger partial charge in [0, 0.05) is 31.1 Å². The molecule has 5 rings (SSSR count). The molecule has 2 aromatic carbocycles. The number of imidazole rings is 1. The summed E-state index contributed by atoms with van der Waals surface area (Å²) in [5.41, 5.74) is 4.24. The molecule has 28 heavy (non-hydrogen) atoms. The first-order valence-electron chi connectivity index (χ1n) is 9.99. The highest BCUT2D eigenvalue weighted by Crippen LogP contribution is 2.25. The van der Waals surface area contributed by atoms with Crippen LogP contribution in [-0.2, 0) is 22.6 Å². The molecule has 1 N–H and O–H groups in total. The topological polar surface area (TPSA) is 59.4 Å². The Balaban J connectivity index is 1.32. The second-order valence-corrected chi connectivity index (χ2v) is 7.48. The van der Waals surface area contributed by atoms with Gasteiger partial charge >= 0.3 is 0 Å². The number of hydrogen-bond acceptors (Lipinski definition) is 4. The van der Waals surface area contributed by atoms with Crippen molar-refractivity contribution in [3.05, 3.63) is 54.4 Å². The molecule has 0 saturated carbocycles. The molecule has 1 aromatic heterocycles. The molecular formula is C22H24N4O2. The van der Waals surface area contributed by atoms with Gasteiger partial charge in [0.2, 0.25) is 0 Å². The number of rotatable bonds is 3. The quantitative estimate of drug-likeness (QED) is 0.759. The van der Waals surface area contributed by atoms with Gasteiger partial charge in [-0.3, -0.25) is 4.79 Å². The maximum absolute atomic E-state index is 12.2. The lowest BCUT2D eigenvalue weighted by molar-refractivity contribution is -0.124. The standard InChI is InChI=1S/C22H24N4O2/c27-22(20-7-3-14-28-20)23-16-8-10-17(11-9-16)25-12-4-13-26-19-6-2-1-5-18(19)24-21(26)15-25/h1-2,5-6,8-11,20H,3-4,7,12-15H2,(H,23,27)/t20-/m1/s1. The number of carbonyl (C=O) groups excluding carboxylic acids is 1. The van der Waals surface area contributed by atoms with Crippen molar-refractivity contribution < 1.29 is 9.53 Å². The fourth-order valence-corrected chi connectivity index (χ4v) is 4.15. The van der Waals surface area contributed by atoms with E-state index in [4.69, 9.17) is 9.72 Å². The molecule has 0 spiro atoms. The normalized spacial score (nSPS) is 19.4. The van der Waals surface area contributed by atoms with Crippen molar-refractivity contribution in [1.29, 1.82) is 0 Å². The summed E-state index contributed by atoms with van der Waals surface area (Å²) in [5.74, 6) is 1.06. The second kappa shape index (κ2) is 7.28. The molecule has 1 amide bonds. The Kier molecular flexibility index (Phi) is 4.49. The summed E-state index contributed by atoms with van der Waals surface area (Å²) in [6, 6.07) is 16.4. The SMILES string of the molecule is O=C(Nc1ccc(N2CCCn3c(nc4ccccc43)C2)cc1)[C@H]1CCCO1. The van der Waals surface area contributed by atoms with Gasteiger partial charge in [-0.05, 0) is 55.7 Å². The lowest BCUT2D eigenvalue weighted by Gasteiger charge is -2.22. The lowest BCUT2D eigenvalue weighted by Crippen LogP contribution is -2.27. The maximum atomic E-state index is 12.2. The van der Waals surface area contributed by atoms with Crippen LogP contribution in [-0.4, -0.2) is 34.7 Å². The number of amides is 1. The maximum Gasteiger partial charge on any atom is 0.253 e. The van der Waals surface area contributed by atoms with Crippen molar-refractivity contribution in [2.24, 2.45) is 0 Å². The van der Waals surface area contributed by atoms with E-state index in [1.165, 1.54) is 5.52 Å². The van der Waals surface area contributed by atoms with E-state index in [1.807, 2.05) is 18.2 Å². The molecule has 0 bridgehead atoms. The third kappa shape index (κ3) is 3.24. The van der Waals surface area contributed by atoms with Crippen molar-refractivity contribution in [2.45, 2.75) is 38.5 Å². The van der Waals surface area contributed by atoms with Gasteiger partial charge in [-0.1, -0.05) is 12.1 Å². The molecule has 3 aromatic rings. The summed E-state index contributed by atoms with van der Waals surface area (Å²) in [4.78, 5) is 19.4. The van der Waals surface area contributed by atoms with Gasteiger partial charge in [0.25, 0.3) is 5.91 Å². The largest absolute Gasteiger partial charge is 0.368 e. The number of fused-ring (bicyclic) bond motifs is 3. The Hall–Kier alpha value is -2.86. The highest BCUT2D eigenvalue weighted by Gasteiger charge is 2.23. The average Bonchev–Trinajstić information content (AvgIpc) is 3.32. The molecule has 2 aliphatic heterocycles. The molecule has 3 heterocycles. The van der Waals surface area contributed by atoms with Gasteiger partial charge in [0.15, 0.2) is 0 Å². The van der Waals surface area contributed by atoms with Crippen LogP contribution in [0.1, 0.15) is 25.1 Å². The highest BCUT2D eigenvalue weighted by atomic mass is 16.5. The highest BCUT2D eigenvalue weighted by molar-refractivity contribution is 5.94. The fourth-order valence-electron chi connectivity index (χ4n) is 4.15. The summed E-state index contributed by atoms with van der Waals surface area (Å²) < 4.78 is 7.79. The Bertz CT molecular complexity index is 989. The van der Waals surface area contributed by atoms with Gasteiger partial charge in [0.1, 0.15) is 11.9 Å². The molecule has 1 saturated heterocycles. The predicted molar refractivity (Wildman–Crippen MR) is 109 cm³/mol. The summed E-state index contributed by atoms with van der Waals surface area (Å²) >= 11 is 0. The Morgan fingerprint density at radius 2 is 1.93 bits per heavy atom. The molecule has 2 aliphatic rings. The fraction of sp³-hybridized carbons (Fsp3) is 0.364. The zero-order valence-corrected chi connectivity index (χ0v) is 15.8. The molecule has 1 fully saturated rings. The number of aromatic nitrogens is 2. The van der Waals surface area contributed by atoms with Crippen LogP contribution in [0.2, 0.25) is 0 Å². The lowest BCUT2D eigenvalue weighted by atomic mass is 10.2. The van der Waals surface area contributed by atoms with Crippen molar-refractivity contribution in [3.8, 4) is 0 Å². The van der Waals surface area contributed by atoms with E-state index < -0.39 is 0 Å². The van der Waals surface area contributed by atoms with Gasteiger partial charge in [-0.2, -0.15) is 0 Å². The van der Waals surface area contributed by atoms with Crippen molar-refractivity contribution in [1.82, 2.24) is 9.55 Å². The molecule has 1 atom stereocenters. The number of aryl methyl sites for hydroxylation is 1. The number of anilines is 2. The zero-order valence-electron chi connectivity index (χ0n) is 15.8. The predicted octanol–water partition coefficient (Wildman–Crippen LogP) is 3.56. The summed E-state index contributed by atoms with van der Waals surface area (Å²) in [7, 11) is 0. The Morgan fingerprint density at radius 3 is 2.75 bits per heavy atom. The molecule has 6 heteroatoms. The summed E-state index contributed by atoms with van der Waals surface area (Å²) in [5, 5.41) is 2.96. The molecular weight excluding hydrogens is 352 g/mol. The third-order valence-corrected chi connectivity index (χ3v) is 5.60. The minimum atomic E-state index is -0.307. The number of nitrogens with zero attached hydrogens (tertiary/aromatic N) is 3. The Labute approximate surface area is 164 Å². The Morgan fingerprint density at radius 1 is 1.07 bits per heavy atom. The first kappa shape index (κ1) is 17.3. The van der Waals surface area contributed by atoms with E-state index in [9.17, 15) is 4.79 Å². The van der Waals surface area contributed by atoms with Crippen LogP contribution in [0.3, 0.4) is 0 Å². The van der Waals surface area contributed by atoms with Crippen LogP contribution >= 0.6 is 0 Å². The molecule has 6 nitrogen and oxygen atoms in total. The average molecular weight is 376 g/mol. The van der Waals surface area contributed by atoms with Crippen LogP contribution in [0.5, 0.6) is 0 Å². The van der Waals surface area contributed by atoms with E-state index in [0.717, 1.165) is 61.6 Å². The van der Waals surface area contributed by atoms with Crippen LogP contribution in [0, 0.1) is 0 Å². The number of ether oxygens (including phenoxy) is 1. The monoisotopic (exact) mass is 376 g/mol. The van der Waals surface area contributed by atoms with Gasteiger partial charge in [0.05, 0.1) is 17.6 Å². The second-order valence-electron chi connectivity index (χ2n) is 7.48. The van der Waals surface area contributed by atoms with Crippen molar-refractivity contribution in [2.75, 3.05) is 23.4 Å². The van der Waals surface area contributed by atoms with Crippen LogP contribution in [0.4, 0.5) is 11.4 Å². The first-order chi connectivity index (χ1) is 13.8. The van der Waals surface area contributed by atoms with Crippen molar-refractivity contribution >= 4 is 28.3 Å².